The number of aromatic nitrogens is 1. The predicted molar refractivity (Wildman–Crippen MR) is 155 cm³/mol. The number of phenols is 1. The standard InChI is InChI=1S/C33H30N2O4/c1-38-27-13-10-25(11-14-27)22-35(20-18-24-7-3-2-4-8-24)23-30-31(36)17-16-29-32(37)21-28(39-33(29)30)15-12-26-9-5-6-19-34-26/h2-17,19,21,36H,18,20,22-23H2,1H3/b15-12+. The van der Waals surface area contributed by atoms with E-state index in [1.807, 2.05) is 60.7 Å². The van der Waals surface area contributed by atoms with Crippen LogP contribution in [-0.2, 0) is 19.5 Å². The Morgan fingerprint density at radius 2 is 1.69 bits per heavy atom. The maximum absolute atomic E-state index is 13.0. The van der Waals surface area contributed by atoms with Crippen LogP contribution in [0.4, 0.5) is 0 Å². The first kappa shape index (κ1) is 25.9. The van der Waals surface area contributed by atoms with Crippen molar-refractivity contribution in [1.29, 1.82) is 0 Å². The molecule has 0 aliphatic carbocycles. The van der Waals surface area contributed by atoms with Crippen molar-refractivity contribution in [1.82, 2.24) is 9.88 Å². The predicted octanol–water partition coefficient (Wildman–Crippen LogP) is 6.32. The normalized spacial score (nSPS) is 11.4. The van der Waals surface area contributed by atoms with Gasteiger partial charge in [-0.1, -0.05) is 48.5 Å². The Morgan fingerprint density at radius 1 is 0.897 bits per heavy atom. The number of aromatic hydroxyl groups is 1. The number of benzene rings is 3. The SMILES string of the molecule is COc1ccc(CN(CCc2ccccc2)Cc2c(O)ccc3c(=O)cc(/C=C/c4ccccn4)oc23)cc1. The van der Waals surface area contributed by atoms with Gasteiger partial charge in [0.1, 0.15) is 22.8 Å². The Balaban J connectivity index is 1.48. The molecule has 39 heavy (non-hydrogen) atoms. The molecule has 0 bridgehead atoms. The van der Waals surface area contributed by atoms with Gasteiger partial charge in [0.2, 0.25) is 0 Å². The van der Waals surface area contributed by atoms with E-state index in [0.29, 0.717) is 35.4 Å². The van der Waals surface area contributed by atoms with Crippen LogP contribution in [0.1, 0.15) is 28.1 Å². The zero-order valence-electron chi connectivity index (χ0n) is 21.8. The molecule has 0 atom stereocenters. The summed E-state index contributed by atoms with van der Waals surface area (Å²) in [6.07, 6.45) is 6.06. The van der Waals surface area contributed by atoms with E-state index in [1.165, 1.54) is 11.6 Å². The van der Waals surface area contributed by atoms with Gasteiger partial charge >= 0.3 is 0 Å². The van der Waals surface area contributed by atoms with Crippen LogP contribution in [0.5, 0.6) is 11.5 Å². The van der Waals surface area contributed by atoms with Gasteiger partial charge in [0.25, 0.3) is 0 Å². The number of hydrogen-bond donors (Lipinski definition) is 1. The summed E-state index contributed by atoms with van der Waals surface area (Å²) in [6.45, 7) is 1.80. The molecule has 0 aliphatic heterocycles. The fourth-order valence-electron chi connectivity index (χ4n) is 4.52. The number of hydrogen-bond acceptors (Lipinski definition) is 6. The lowest BCUT2D eigenvalue weighted by Crippen LogP contribution is -2.25. The summed E-state index contributed by atoms with van der Waals surface area (Å²) in [5, 5.41) is 11.4. The molecule has 6 nitrogen and oxygen atoms in total. The lowest BCUT2D eigenvalue weighted by Gasteiger charge is -2.24. The number of ether oxygens (including phenoxy) is 1. The monoisotopic (exact) mass is 518 g/mol. The molecular weight excluding hydrogens is 488 g/mol. The molecule has 2 heterocycles. The highest BCUT2D eigenvalue weighted by molar-refractivity contribution is 5.83. The van der Waals surface area contributed by atoms with E-state index in [-0.39, 0.29) is 11.2 Å². The van der Waals surface area contributed by atoms with Crippen molar-refractivity contribution in [2.75, 3.05) is 13.7 Å². The van der Waals surface area contributed by atoms with Gasteiger partial charge in [-0.2, -0.15) is 0 Å². The molecule has 0 saturated carbocycles. The maximum Gasteiger partial charge on any atom is 0.193 e. The molecule has 1 N–H and O–H groups in total. The minimum atomic E-state index is -0.163. The average Bonchev–Trinajstić information content (AvgIpc) is 2.97. The molecule has 5 aromatic rings. The highest BCUT2D eigenvalue weighted by Crippen LogP contribution is 2.29. The van der Waals surface area contributed by atoms with E-state index in [4.69, 9.17) is 9.15 Å². The van der Waals surface area contributed by atoms with Gasteiger partial charge < -0.3 is 14.3 Å². The highest BCUT2D eigenvalue weighted by atomic mass is 16.5. The molecule has 0 spiro atoms. The van der Waals surface area contributed by atoms with E-state index >= 15 is 0 Å². The zero-order chi connectivity index (χ0) is 27.0. The van der Waals surface area contributed by atoms with Gasteiger partial charge in [-0.15, -0.1) is 0 Å². The molecule has 0 radical (unpaired) electrons. The molecule has 2 aromatic heterocycles. The largest absolute Gasteiger partial charge is 0.507 e. The average molecular weight is 519 g/mol. The molecule has 0 aliphatic rings. The topological polar surface area (TPSA) is 75.8 Å². The molecular formula is C33H30N2O4. The fourth-order valence-corrected chi connectivity index (χ4v) is 4.52. The third-order valence-corrected chi connectivity index (χ3v) is 6.61. The van der Waals surface area contributed by atoms with Gasteiger partial charge in [-0.3, -0.25) is 14.7 Å². The summed E-state index contributed by atoms with van der Waals surface area (Å²) in [7, 11) is 1.65. The number of nitrogens with zero attached hydrogens (tertiary/aromatic N) is 2. The van der Waals surface area contributed by atoms with Gasteiger partial charge in [-0.05, 0) is 66.1 Å². The van der Waals surface area contributed by atoms with Crippen LogP contribution in [0.3, 0.4) is 0 Å². The third-order valence-electron chi connectivity index (χ3n) is 6.61. The van der Waals surface area contributed by atoms with Crippen molar-refractivity contribution < 1.29 is 14.3 Å². The fraction of sp³-hybridized carbons (Fsp3) is 0.152. The van der Waals surface area contributed by atoms with Gasteiger partial charge in [0.15, 0.2) is 5.43 Å². The summed E-state index contributed by atoms with van der Waals surface area (Å²) >= 11 is 0. The lowest BCUT2D eigenvalue weighted by atomic mass is 10.1. The number of pyridine rings is 1. The van der Waals surface area contributed by atoms with Gasteiger partial charge in [0.05, 0.1) is 23.8 Å². The number of rotatable bonds is 10. The van der Waals surface area contributed by atoms with Crippen molar-refractivity contribution in [3.8, 4) is 11.5 Å². The second-order valence-corrected chi connectivity index (χ2v) is 9.34. The molecule has 0 saturated heterocycles. The van der Waals surface area contributed by atoms with E-state index in [9.17, 15) is 9.90 Å². The van der Waals surface area contributed by atoms with Crippen LogP contribution in [-0.4, -0.2) is 28.6 Å². The van der Waals surface area contributed by atoms with Crippen LogP contribution in [0.2, 0.25) is 0 Å². The third kappa shape index (κ3) is 6.61. The van der Waals surface area contributed by atoms with E-state index in [0.717, 1.165) is 30.0 Å². The summed E-state index contributed by atoms with van der Waals surface area (Å²) in [5.74, 6) is 1.29. The van der Waals surface area contributed by atoms with Crippen LogP contribution in [0.15, 0.2) is 106 Å². The second kappa shape index (κ2) is 12.2. The van der Waals surface area contributed by atoms with Crippen molar-refractivity contribution in [3.05, 3.63) is 136 Å². The van der Waals surface area contributed by atoms with Gasteiger partial charge in [0, 0.05) is 31.9 Å². The second-order valence-electron chi connectivity index (χ2n) is 9.34. The quantitative estimate of drug-likeness (QED) is 0.233. The van der Waals surface area contributed by atoms with E-state index < -0.39 is 0 Å². The van der Waals surface area contributed by atoms with E-state index in [1.54, 1.807) is 37.6 Å². The molecule has 6 heteroatoms. The maximum atomic E-state index is 13.0. The van der Waals surface area contributed by atoms with Crippen molar-refractivity contribution in [2.45, 2.75) is 19.5 Å². The minimum Gasteiger partial charge on any atom is -0.507 e. The first-order chi connectivity index (χ1) is 19.1. The zero-order valence-corrected chi connectivity index (χ0v) is 21.8. The first-order valence-electron chi connectivity index (χ1n) is 12.9. The van der Waals surface area contributed by atoms with Crippen LogP contribution >= 0.6 is 0 Å². The summed E-state index contributed by atoms with van der Waals surface area (Å²) in [5.41, 5.74) is 3.91. The number of phenolic OH excluding ortho intramolecular Hbond substituents is 1. The molecule has 0 unspecified atom stereocenters. The highest BCUT2D eigenvalue weighted by Gasteiger charge is 2.17. The molecule has 3 aromatic carbocycles. The molecule has 5 rings (SSSR count). The Bertz CT molecular complexity index is 1610. The first-order valence-corrected chi connectivity index (χ1v) is 12.9. The van der Waals surface area contributed by atoms with Gasteiger partial charge in [-0.25, -0.2) is 0 Å². The lowest BCUT2D eigenvalue weighted by molar-refractivity contribution is 0.256. The summed E-state index contributed by atoms with van der Waals surface area (Å²) in [6, 6.07) is 28.5. The van der Waals surface area contributed by atoms with E-state index in [2.05, 4.69) is 22.0 Å². The Kier molecular flexibility index (Phi) is 8.15. The number of methoxy groups -OCH3 is 1. The van der Waals surface area contributed by atoms with Crippen molar-refractivity contribution in [3.63, 3.8) is 0 Å². The molecule has 196 valence electrons. The number of fused-ring (bicyclic) bond motifs is 1. The van der Waals surface area contributed by atoms with Crippen molar-refractivity contribution >= 4 is 23.1 Å². The Hall–Kier alpha value is -4.68. The summed E-state index contributed by atoms with van der Waals surface area (Å²) in [4.78, 5) is 19.5. The van der Waals surface area contributed by atoms with Crippen LogP contribution < -0.4 is 10.2 Å². The van der Waals surface area contributed by atoms with Crippen LogP contribution in [0, 0.1) is 0 Å². The Labute approximate surface area is 227 Å². The van der Waals surface area contributed by atoms with Crippen LogP contribution in [0.25, 0.3) is 23.1 Å². The minimum absolute atomic E-state index is 0.0935. The smallest absolute Gasteiger partial charge is 0.193 e. The molecule has 0 amide bonds. The Morgan fingerprint density at radius 3 is 2.44 bits per heavy atom. The van der Waals surface area contributed by atoms with Crippen molar-refractivity contribution in [2.24, 2.45) is 0 Å². The molecule has 0 fully saturated rings. The summed E-state index contributed by atoms with van der Waals surface area (Å²) < 4.78 is 11.5.